The molecule has 8 heteroatoms. The fourth-order valence-electron chi connectivity index (χ4n) is 3.07. The zero-order chi connectivity index (χ0) is 18.5. The van der Waals surface area contributed by atoms with Crippen molar-refractivity contribution in [1.29, 1.82) is 0 Å². The summed E-state index contributed by atoms with van der Waals surface area (Å²) in [5.41, 5.74) is 0.624. The Morgan fingerprint density at radius 2 is 2.27 bits per heavy atom. The number of nitrogens with zero attached hydrogens (tertiary/aromatic N) is 3. The number of aliphatic hydroxyl groups is 1. The fraction of sp³-hybridized carbons (Fsp3) is 0.389. The van der Waals surface area contributed by atoms with Gasteiger partial charge in [0.2, 0.25) is 0 Å². The van der Waals surface area contributed by atoms with Crippen molar-refractivity contribution in [3.8, 4) is 0 Å². The third kappa shape index (κ3) is 3.91. The van der Waals surface area contributed by atoms with E-state index in [-0.39, 0.29) is 24.8 Å². The molecule has 26 heavy (non-hydrogen) atoms. The monoisotopic (exact) mass is 360 g/mol. The van der Waals surface area contributed by atoms with Crippen LogP contribution in [0.25, 0.3) is 0 Å². The Labute approximate surface area is 150 Å². The van der Waals surface area contributed by atoms with Crippen molar-refractivity contribution >= 4 is 17.6 Å². The molecule has 0 radical (unpaired) electrons. The maximum absolute atomic E-state index is 14.0. The van der Waals surface area contributed by atoms with Crippen molar-refractivity contribution < 1.29 is 19.0 Å². The van der Waals surface area contributed by atoms with E-state index in [9.17, 15) is 14.3 Å². The molecule has 7 nitrogen and oxygen atoms in total. The molecule has 2 N–H and O–H groups in total. The van der Waals surface area contributed by atoms with Gasteiger partial charge in [0.1, 0.15) is 23.8 Å². The Kier molecular flexibility index (Phi) is 5.62. The van der Waals surface area contributed by atoms with Crippen LogP contribution in [0.2, 0.25) is 0 Å². The van der Waals surface area contributed by atoms with Crippen molar-refractivity contribution in [2.24, 2.45) is 0 Å². The number of aromatic nitrogens is 2. The van der Waals surface area contributed by atoms with Gasteiger partial charge in [-0.15, -0.1) is 0 Å². The summed E-state index contributed by atoms with van der Waals surface area (Å²) in [6, 6.07) is 5.92. The van der Waals surface area contributed by atoms with E-state index in [0.717, 1.165) is 25.2 Å². The number of hydrogen-bond acceptors (Lipinski definition) is 7. The number of aliphatic hydroxyl groups excluding tert-OH is 1. The number of carbonyl (C=O) groups is 1. The van der Waals surface area contributed by atoms with Crippen molar-refractivity contribution in [2.75, 3.05) is 30.5 Å². The third-order valence-corrected chi connectivity index (χ3v) is 4.46. The molecule has 1 aromatic carbocycles. The Morgan fingerprint density at radius 3 is 3.04 bits per heavy atom. The Balaban J connectivity index is 1.72. The summed E-state index contributed by atoms with van der Waals surface area (Å²) in [6.45, 7) is 1.08. The molecular formula is C18H21FN4O3. The molecule has 1 saturated heterocycles. The minimum Gasteiger partial charge on any atom is -0.465 e. The summed E-state index contributed by atoms with van der Waals surface area (Å²) in [4.78, 5) is 22.1. The first-order valence-corrected chi connectivity index (χ1v) is 8.42. The Bertz CT molecular complexity index is 787. The summed E-state index contributed by atoms with van der Waals surface area (Å²) in [7, 11) is 1.28. The van der Waals surface area contributed by atoms with Crippen LogP contribution >= 0.6 is 0 Å². The zero-order valence-electron chi connectivity index (χ0n) is 14.5. The highest BCUT2D eigenvalue weighted by Gasteiger charge is 2.25. The molecule has 2 aromatic rings. The molecule has 0 bridgehead atoms. The number of carbonyl (C=O) groups excluding carboxylic acids is 1. The predicted molar refractivity (Wildman–Crippen MR) is 94.6 cm³/mol. The largest absolute Gasteiger partial charge is 0.465 e. The van der Waals surface area contributed by atoms with E-state index in [4.69, 9.17) is 0 Å². The smallest absolute Gasteiger partial charge is 0.337 e. The SMILES string of the molecule is COC(=O)c1ccc(F)c(CNc2cc(N3CCCC3CO)ncn2)c1. The summed E-state index contributed by atoms with van der Waals surface area (Å²) >= 11 is 0. The van der Waals surface area contributed by atoms with E-state index >= 15 is 0 Å². The Hall–Kier alpha value is -2.74. The lowest BCUT2D eigenvalue weighted by Crippen LogP contribution is -2.32. The number of halogens is 1. The van der Waals surface area contributed by atoms with E-state index < -0.39 is 11.8 Å². The number of ether oxygens (including phenoxy) is 1. The van der Waals surface area contributed by atoms with Gasteiger partial charge in [-0.1, -0.05) is 0 Å². The average molecular weight is 360 g/mol. The first-order valence-electron chi connectivity index (χ1n) is 8.42. The lowest BCUT2D eigenvalue weighted by molar-refractivity contribution is 0.0600. The lowest BCUT2D eigenvalue weighted by Gasteiger charge is -2.24. The molecule has 3 rings (SSSR count). The molecular weight excluding hydrogens is 339 g/mol. The van der Waals surface area contributed by atoms with Crippen LogP contribution in [0.5, 0.6) is 0 Å². The quantitative estimate of drug-likeness (QED) is 0.762. The fourth-order valence-corrected chi connectivity index (χ4v) is 3.07. The summed E-state index contributed by atoms with van der Waals surface area (Å²) in [6.07, 6.45) is 3.37. The minimum atomic E-state index is -0.514. The number of rotatable bonds is 6. The number of nitrogens with one attached hydrogen (secondary N) is 1. The van der Waals surface area contributed by atoms with Crippen LogP contribution in [-0.4, -0.2) is 47.3 Å². The number of esters is 1. The topological polar surface area (TPSA) is 87.6 Å². The van der Waals surface area contributed by atoms with Crippen molar-refractivity contribution in [3.05, 3.63) is 47.5 Å². The van der Waals surface area contributed by atoms with E-state index in [1.807, 2.05) is 4.90 Å². The van der Waals surface area contributed by atoms with Crippen LogP contribution in [0.15, 0.2) is 30.6 Å². The van der Waals surface area contributed by atoms with Gasteiger partial charge in [0.15, 0.2) is 0 Å². The summed E-state index contributed by atoms with van der Waals surface area (Å²) in [5, 5.41) is 12.5. The van der Waals surface area contributed by atoms with Crippen LogP contribution < -0.4 is 10.2 Å². The van der Waals surface area contributed by atoms with E-state index in [0.29, 0.717) is 11.4 Å². The standard InChI is InChI=1S/C18H21FN4O3/c1-26-18(25)12-4-5-15(19)13(7-12)9-20-16-8-17(22-11-21-16)23-6-2-3-14(23)10-24/h4-5,7-8,11,14,24H,2-3,6,9-10H2,1H3,(H,20,21,22). The van der Waals surface area contributed by atoms with Gasteiger partial charge in [-0.3, -0.25) is 0 Å². The first kappa shape index (κ1) is 18.1. The van der Waals surface area contributed by atoms with Gasteiger partial charge >= 0.3 is 5.97 Å². The second kappa shape index (κ2) is 8.09. The average Bonchev–Trinajstić information content (AvgIpc) is 3.16. The summed E-state index contributed by atoms with van der Waals surface area (Å²) < 4.78 is 18.7. The maximum atomic E-state index is 14.0. The lowest BCUT2D eigenvalue weighted by atomic mass is 10.1. The molecule has 1 aromatic heterocycles. The minimum absolute atomic E-state index is 0.0620. The van der Waals surface area contributed by atoms with Crippen molar-refractivity contribution in [2.45, 2.75) is 25.4 Å². The van der Waals surface area contributed by atoms with E-state index in [2.05, 4.69) is 20.0 Å². The molecule has 2 heterocycles. The van der Waals surface area contributed by atoms with E-state index in [1.54, 1.807) is 6.07 Å². The highest BCUT2D eigenvalue weighted by molar-refractivity contribution is 5.89. The maximum Gasteiger partial charge on any atom is 0.337 e. The van der Waals surface area contributed by atoms with Crippen molar-refractivity contribution in [1.82, 2.24) is 9.97 Å². The molecule has 1 aliphatic rings. The zero-order valence-corrected chi connectivity index (χ0v) is 14.5. The van der Waals surface area contributed by atoms with Gasteiger partial charge in [0, 0.05) is 24.7 Å². The molecule has 1 unspecified atom stereocenters. The van der Waals surface area contributed by atoms with Crippen LogP contribution in [0, 0.1) is 5.82 Å². The molecule has 0 saturated carbocycles. The summed E-state index contributed by atoms with van der Waals surface area (Å²) in [5.74, 6) is 0.336. The molecule has 0 spiro atoms. The Morgan fingerprint density at radius 1 is 1.42 bits per heavy atom. The molecule has 1 fully saturated rings. The predicted octanol–water partition coefficient (Wildman–Crippen LogP) is 1.98. The number of benzene rings is 1. The highest BCUT2D eigenvalue weighted by atomic mass is 19.1. The van der Waals surface area contributed by atoms with Gasteiger partial charge in [0.05, 0.1) is 25.3 Å². The highest BCUT2D eigenvalue weighted by Crippen LogP contribution is 2.24. The van der Waals surface area contributed by atoms with Crippen LogP contribution in [0.3, 0.4) is 0 Å². The van der Waals surface area contributed by atoms with E-state index in [1.165, 1.54) is 31.6 Å². The van der Waals surface area contributed by atoms with Gasteiger partial charge in [-0.25, -0.2) is 19.2 Å². The van der Waals surface area contributed by atoms with Gasteiger partial charge in [0.25, 0.3) is 0 Å². The molecule has 1 atom stereocenters. The number of anilines is 2. The molecule has 0 aliphatic carbocycles. The number of hydrogen-bond donors (Lipinski definition) is 2. The normalized spacial score (nSPS) is 16.6. The second-order valence-corrected chi connectivity index (χ2v) is 6.08. The molecule has 138 valence electrons. The molecule has 1 aliphatic heterocycles. The van der Waals surface area contributed by atoms with Crippen LogP contribution in [0.1, 0.15) is 28.8 Å². The van der Waals surface area contributed by atoms with Crippen LogP contribution in [0.4, 0.5) is 16.0 Å². The second-order valence-electron chi connectivity index (χ2n) is 6.08. The van der Waals surface area contributed by atoms with Crippen LogP contribution in [-0.2, 0) is 11.3 Å². The third-order valence-electron chi connectivity index (χ3n) is 4.46. The first-order chi connectivity index (χ1) is 12.6. The van der Waals surface area contributed by atoms with Gasteiger partial charge in [-0.05, 0) is 31.0 Å². The molecule has 0 amide bonds. The van der Waals surface area contributed by atoms with Crippen molar-refractivity contribution in [3.63, 3.8) is 0 Å². The van der Waals surface area contributed by atoms with Gasteiger partial charge in [-0.2, -0.15) is 0 Å². The van der Waals surface area contributed by atoms with Gasteiger partial charge < -0.3 is 20.1 Å². The number of methoxy groups -OCH3 is 1.